The molecule has 10 heteroatoms. The van der Waals surface area contributed by atoms with Gasteiger partial charge in [0.25, 0.3) is 10.0 Å². The maximum atomic E-state index is 14.7. The predicted molar refractivity (Wildman–Crippen MR) is 120 cm³/mol. The third kappa shape index (κ3) is 3.79. The largest absolute Gasteiger partial charge is 0.341 e. The number of aryl methyl sites for hydroxylation is 2. The van der Waals surface area contributed by atoms with E-state index < -0.39 is 22.4 Å². The van der Waals surface area contributed by atoms with Crippen molar-refractivity contribution < 1.29 is 17.6 Å². The average molecular weight is 461 g/mol. The van der Waals surface area contributed by atoms with Crippen LogP contribution in [0.4, 0.5) is 10.1 Å². The van der Waals surface area contributed by atoms with Gasteiger partial charge in [0.2, 0.25) is 5.91 Å². The van der Waals surface area contributed by atoms with Crippen LogP contribution < -0.4 is 9.99 Å². The van der Waals surface area contributed by atoms with Crippen molar-refractivity contribution >= 4 is 32.7 Å². The van der Waals surface area contributed by atoms with Crippen LogP contribution in [-0.2, 0) is 28.9 Å². The number of aromatic nitrogens is 2. The molecule has 1 aromatic heterocycles. The summed E-state index contributed by atoms with van der Waals surface area (Å²) >= 11 is 0. The van der Waals surface area contributed by atoms with Crippen LogP contribution in [0, 0.1) is 5.82 Å². The number of fused-ring (bicyclic) bond motifs is 1. The molecule has 4 rings (SSSR count). The number of nitrogens with zero attached hydrogens (tertiary/aromatic N) is 4. The summed E-state index contributed by atoms with van der Waals surface area (Å²) in [4.78, 5) is 26.7. The van der Waals surface area contributed by atoms with E-state index in [1.807, 2.05) is 0 Å². The highest BCUT2D eigenvalue weighted by atomic mass is 32.2. The van der Waals surface area contributed by atoms with Gasteiger partial charge in [0.15, 0.2) is 0 Å². The van der Waals surface area contributed by atoms with E-state index in [0.717, 1.165) is 29.6 Å². The lowest BCUT2D eigenvalue weighted by atomic mass is 10.1. The lowest BCUT2D eigenvalue weighted by Crippen LogP contribution is -2.45. The van der Waals surface area contributed by atoms with Crippen molar-refractivity contribution in [1.29, 1.82) is 0 Å². The van der Waals surface area contributed by atoms with Crippen molar-refractivity contribution in [2.75, 3.05) is 23.9 Å². The first-order valence-corrected chi connectivity index (χ1v) is 11.9. The van der Waals surface area contributed by atoms with E-state index in [0.29, 0.717) is 24.1 Å². The van der Waals surface area contributed by atoms with Crippen LogP contribution in [0.25, 0.3) is 11.0 Å². The van der Waals surface area contributed by atoms with Crippen LogP contribution in [0.15, 0.2) is 52.2 Å². The number of hydrogen-bond donors (Lipinski definition) is 0. The first-order chi connectivity index (χ1) is 15.2. The maximum absolute atomic E-state index is 14.7. The zero-order valence-electron chi connectivity index (χ0n) is 18.0. The fraction of sp³-hybridized carbons (Fsp3) is 0.364. The second kappa shape index (κ2) is 8.42. The Bertz CT molecular complexity index is 1340. The van der Waals surface area contributed by atoms with Gasteiger partial charge in [-0.25, -0.2) is 17.6 Å². The SMILES string of the molecule is Cn1c(=O)n(C)c2cc(S(=O)(=O)N(CC(=O)N3CCCCC3)c3ccccc3F)ccc21. The van der Waals surface area contributed by atoms with Gasteiger partial charge in [0.05, 0.1) is 21.6 Å². The number of anilines is 1. The van der Waals surface area contributed by atoms with Gasteiger partial charge in [0, 0.05) is 27.2 Å². The minimum absolute atomic E-state index is 0.124. The Morgan fingerprint density at radius 1 is 1.00 bits per heavy atom. The lowest BCUT2D eigenvalue weighted by molar-refractivity contribution is -0.130. The molecule has 0 bridgehead atoms. The molecular weight excluding hydrogens is 435 g/mol. The van der Waals surface area contributed by atoms with Crippen molar-refractivity contribution in [1.82, 2.24) is 14.0 Å². The van der Waals surface area contributed by atoms with E-state index in [1.165, 1.54) is 45.5 Å². The smallest absolute Gasteiger partial charge is 0.328 e. The number of likely N-dealkylation sites (tertiary alicyclic amines) is 1. The summed E-state index contributed by atoms with van der Waals surface area (Å²) in [6.45, 7) is 0.610. The van der Waals surface area contributed by atoms with Crippen LogP contribution in [0.3, 0.4) is 0 Å². The summed E-state index contributed by atoms with van der Waals surface area (Å²) < 4.78 is 45.5. The van der Waals surface area contributed by atoms with E-state index in [-0.39, 0.29) is 22.2 Å². The summed E-state index contributed by atoms with van der Waals surface area (Å²) in [5.74, 6) is -1.11. The average Bonchev–Trinajstić information content (AvgIpc) is 3.02. The molecule has 3 aromatic rings. The molecule has 0 spiro atoms. The number of rotatable bonds is 5. The molecule has 1 aliphatic heterocycles. The minimum Gasteiger partial charge on any atom is -0.341 e. The zero-order chi connectivity index (χ0) is 23.0. The first-order valence-electron chi connectivity index (χ1n) is 10.4. The minimum atomic E-state index is -4.30. The molecular formula is C22H25FN4O4S. The number of sulfonamides is 1. The molecule has 32 heavy (non-hydrogen) atoms. The molecule has 0 aliphatic carbocycles. The third-order valence-electron chi connectivity index (χ3n) is 5.94. The number of piperidine rings is 1. The molecule has 0 saturated carbocycles. The fourth-order valence-corrected chi connectivity index (χ4v) is 5.54. The Morgan fingerprint density at radius 2 is 1.66 bits per heavy atom. The van der Waals surface area contributed by atoms with E-state index in [1.54, 1.807) is 19.0 Å². The summed E-state index contributed by atoms with van der Waals surface area (Å²) in [7, 11) is -1.15. The number of hydrogen-bond acceptors (Lipinski definition) is 4. The topological polar surface area (TPSA) is 84.6 Å². The van der Waals surface area contributed by atoms with Gasteiger partial charge >= 0.3 is 5.69 Å². The third-order valence-corrected chi connectivity index (χ3v) is 7.70. The molecule has 2 aromatic carbocycles. The Balaban J connectivity index is 1.80. The molecule has 2 heterocycles. The number of benzene rings is 2. The van der Waals surface area contributed by atoms with E-state index in [9.17, 15) is 22.4 Å². The Kier molecular flexibility index (Phi) is 5.81. The number of carbonyl (C=O) groups is 1. The second-order valence-corrected chi connectivity index (χ2v) is 9.82. The number of halogens is 1. The van der Waals surface area contributed by atoms with Crippen LogP contribution in [0.5, 0.6) is 0 Å². The summed E-state index contributed by atoms with van der Waals surface area (Å²) in [5.41, 5.74) is 0.508. The molecule has 1 saturated heterocycles. The van der Waals surface area contributed by atoms with Gasteiger partial charge in [-0.2, -0.15) is 0 Å². The summed E-state index contributed by atoms with van der Waals surface area (Å²) in [6.07, 6.45) is 2.74. The zero-order valence-corrected chi connectivity index (χ0v) is 18.8. The van der Waals surface area contributed by atoms with Crippen LogP contribution >= 0.6 is 0 Å². The molecule has 0 N–H and O–H groups in total. The number of amides is 1. The van der Waals surface area contributed by atoms with Crippen molar-refractivity contribution in [3.63, 3.8) is 0 Å². The number of imidazole rings is 1. The monoisotopic (exact) mass is 460 g/mol. The number of carbonyl (C=O) groups excluding carboxylic acids is 1. The Hall–Kier alpha value is -3.14. The van der Waals surface area contributed by atoms with Crippen LogP contribution in [-0.4, -0.2) is 48.0 Å². The molecule has 0 radical (unpaired) electrons. The fourth-order valence-electron chi connectivity index (χ4n) is 4.09. The normalized spacial score (nSPS) is 14.7. The Morgan fingerprint density at radius 3 is 2.34 bits per heavy atom. The quantitative estimate of drug-likeness (QED) is 0.585. The molecule has 0 atom stereocenters. The standard InChI is InChI=1S/C22H25FN4O4S/c1-24-19-11-10-16(14-20(19)25(2)22(24)29)32(30,31)27(18-9-5-4-8-17(18)23)15-21(28)26-12-6-3-7-13-26/h4-5,8-11,14H,3,6-7,12-13,15H2,1-2H3. The lowest BCUT2D eigenvalue weighted by Gasteiger charge is -2.30. The van der Waals surface area contributed by atoms with Gasteiger partial charge < -0.3 is 4.90 Å². The van der Waals surface area contributed by atoms with Crippen molar-refractivity contribution in [2.45, 2.75) is 24.2 Å². The van der Waals surface area contributed by atoms with Gasteiger partial charge in [-0.1, -0.05) is 12.1 Å². The van der Waals surface area contributed by atoms with Gasteiger partial charge in [0.1, 0.15) is 12.4 Å². The molecule has 170 valence electrons. The highest BCUT2D eigenvalue weighted by molar-refractivity contribution is 7.92. The highest BCUT2D eigenvalue weighted by Gasteiger charge is 2.31. The maximum Gasteiger partial charge on any atom is 0.328 e. The first kappa shape index (κ1) is 22.1. The Labute approximate surface area is 185 Å². The van der Waals surface area contributed by atoms with Gasteiger partial charge in [-0.3, -0.25) is 18.2 Å². The van der Waals surface area contributed by atoms with E-state index >= 15 is 0 Å². The van der Waals surface area contributed by atoms with Crippen molar-refractivity contribution in [2.24, 2.45) is 14.1 Å². The highest BCUT2D eigenvalue weighted by Crippen LogP contribution is 2.28. The van der Waals surface area contributed by atoms with Crippen LogP contribution in [0.2, 0.25) is 0 Å². The number of para-hydroxylation sites is 1. The second-order valence-electron chi connectivity index (χ2n) is 7.96. The van der Waals surface area contributed by atoms with E-state index in [4.69, 9.17) is 0 Å². The molecule has 1 aliphatic rings. The molecule has 8 nitrogen and oxygen atoms in total. The molecule has 1 amide bonds. The van der Waals surface area contributed by atoms with E-state index in [2.05, 4.69) is 0 Å². The predicted octanol–water partition coefficient (Wildman–Crippen LogP) is 2.22. The summed E-state index contributed by atoms with van der Waals surface area (Å²) in [6, 6.07) is 9.77. The van der Waals surface area contributed by atoms with Crippen molar-refractivity contribution in [3.05, 3.63) is 58.8 Å². The van der Waals surface area contributed by atoms with Crippen LogP contribution in [0.1, 0.15) is 19.3 Å². The molecule has 1 fully saturated rings. The van der Waals surface area contributed by atoms with Gasteiger partial charge in [-0.05, 0) is 49.6 Å². The summed E-state index contributed by atoms with van der Waals surface area (Å²) in [5, 5.41) is 0. The van der Waals surface area contributed by atoms with Crippen molar-refractivity contribution in [3.8, 4) is 0 Å². The molecule has 0 unspecified atom stereocenters. The van der Waals surface area contributed by atoms with Gasteiger partial charge in [-0.15, -0.1) is 0 Å².